The highest BCUT2D eigenvalue weighted by Crippen LogP contribution is 2.18. The van der Waals surface area contributed by atoms with Crippen LogP contribution in [0.25, 0.3) is 11.3 Å². The van der Waals surface area contributed by atoms with E-state index in [0.717, 1.165) is 5.56 Å². The number of ether oxygens (including phenoxy) is 1. The molecule has 0 aliphatic carbocycles. The van der Waals surface area contributed by atoms with Crippen LogP contribution in [0.4, 0.5) is 5.69 Å². The molecule has 1 N–H and O–H groups in total. The lowest BCUT2D eigenvalue weighted by Gasteiger charge is -2.08. The second-order valence-electron chi connectivity index (χ2n) is 5.86. The molecule has 0 saturated heterocycles. The van der Waals surface area contributed by atoms with Gasteiger partial charge in [0.05, 0.1) is 24.7 Å². The average molecular weight is 398 g/mol. The molecule has 0 atom stereocenters. The van der Waals surface area contributed by atoms with E-state index >= 15 is 0 Å². The van der Waals surface area contributed by atoms with Gasteiger partial charge in [-0.2, -0.15) is 0 Å². The van der Waals surface area contributed by atoms with E-state index in [1.807, 2.05) is 0 Å². The fourth-order valence-electron chi connectivity index (χ4n) is 2.49. The molecule has 0 spiro atoms. The van der Waals surface area contributed by atoms with Gasteiger partial charge in [0.15, 0.2) is 0 Å². The zero-order valence-electron chi connectivity index (χ0n) is 14.9. The number of esters is 1. The molecule has 1 heterocycles. The van der Waals surface area contributed by atoms with Gasteiger partial charge in [-0.3, -0.25) is 14.2 Å². The van der Waals surface area contributed by atoms with E-state index in [9.17, 15) is 14.4 Å². The first-order valence-electron chi connectivity index (χ1n) is 8.27. The van der Waals surface area contributed by atoms with Gasteiger partial charge < -0.3 is 10.1 Å². The standard InChI is InChI=1S/C20H16ClN3O4/c1-28-20(27)14-4-8-16(9-5-14)23-18(25)11-24-12-22-17(10-19(24)26)13-2-6-15(21)7-3-13/h2-10,12H,11H2,1H3,(H,23,25). The summed E-state index contributed by atoms with van der Waals surface area (Å²) in [6.07, 6.45) is 1.33. The van der Waals surface area contributed by atoms with Gasteiger partial charge in [-0.1, -0.05) is 23.7 Å². The van der Waals surface area contributed by atoms with E-state index in [4.69, 9.17) is 11.6 Å². The van der Waals surface area contributed by atoms with Crippen LogP contribution in [0.15, 0.2) is 65.7 Å². The molecule has 0 aliphatic rings. The molecule has 0 fully saturated rings. The Bertz CT molecular complexity index is 1060. The lowest BCUT2D eigenvalue weighted by molar-refractivity contribution is -0.116. The minimum absolute atomic E-state index is 0.189. The number of nitrogens with one attached hydrogen (secondary N) is 1. The second-order valence-corrected chi connectivity index (χ2v) is 6.30. The van der Waals surface area contributed by atoms with E-state index in [2.05, 4.69) is 15.0 Å². The van der Waals surface area contributed by atoms with Gasteiger partial charge in [-0.15, -0.1) is 0 Å². The minimum atomic E-state index is -0.462. The summed E-state index contributed by atoms with van der Waals surface area (Å²) in [6.45, 7) is -0.189. The van der Waals surface area contributed by atoms with Crippen LogP contribution in [-0.4, -0.2) is 28.5 Å². The van der Waals surface area contributed by atoms with Crippen molar-refractivity contribution in [3.05, 3.63) is 81.9 Å². The van der Waals surface area contributed by atoms with E-state index in [0.29, 0.717) is 22.0 Å². The van der Waals surface area contributed by atoms with Crippen LogP contribution < -0.4 is 10.9 Å². The molecule has 3 rings (SSSR count). The van der Waals surface area contributed by atoms with Crippen LogP contribution in [0.1, 0.15) is 10.4 Å². The van der Waals surface area contributed by atoms with Crippen molar-refractivity contribution < 1.29 is 14.3 Å². The van der Waals surface area contributed by atoms with Crippen molar-refractivity contribution in [3.8, 4) is 11.3 Å². The molecule has 3 aromatic rings. The van der Waals surface area contributed by atoms with Crippen LogP contribution in [0.2, 0.25) is 5.02 Å². The monoisotopic (exact) mass is 397 g/mol. The number of halogens is 1. The van der Waals surface area contributed by atoms with Crippen molar-refractivity contribution in [1.29, 1.82) is 0 Å². The SMILES string of the molecule is COC(=O)c1ccc(NC(=O)Cn2cnc(-c3ccc(Cl)cc3)cc2=O)cc1. The van der Waals surface area contributed by atoms with Gasteiger partial charge in [-0.25, -0.2) is 9.78 Å². The smallest absolute Gasteiger partial charge is 0.337 e. The third-order valence-electron chi connectivity index (χ3n) is 3.92. The maximum absolute atomic E-state index is 12.3. The summed E-state index contributed by atoms with van der Waals surface area (Å²) in [7, 11) is 1.29. The summed E-state index contributed by atoms with van der Waals surface area (Å²) in [5.41, 5.74) is 1.77. The lowest BCUT2D eigenvalue weighted by atomic mass is 10.1. The Kier molecular flexibility index (Phi) is 5.86. The Labute approximate surface area is 165 Å². The Hall–Kier alpha value is -3.45. The molecular formula is C20H16ClN3O4. The molecule has 0 bridgehead atoms. The first-order valence-corrected chi connectivity index (χ1v) is 8.65. The number of nitrogens with zero attached hydrogens (tertiary/aromatic N) is 2. The number of benzene rings is 2. The number of anilines is 1. The number of rotatable bonds is 5. The summed E-state index contributed by atoms with van der Waals surface area (Å²) < 4.78 is 5.82. The number of hydrogen-bond donors (Lipinski definition) is 1. The molecule has 0 saturated carbocycles. The van der Waals surface area contributed by atoms with Crippen LogP contribution in [0, 0.1) is 0 Å². The van der Waals surface area contributed by atoms with Crippen LogP contribution in [0.3, 0.4) is 0 Å². The minimum Gasteiger partial charge on any atom is -0.465 e. The van der Waals surface area contributed by atoms with Gasteiger partial charge in [-0.05, 0) is 36.4 Å². The van der Waals surface area contributed by atoms with Crippen molar-refractivity contribution in [2.45, 2.75) is 6.54 Å². The zero-order chi connectivity index (χ0) is 20.1. The summed E-state index contributed by atoms with van der Waals surface area (Å²) in [4.78, 5) is 40.1. The Morgan fingerprint density at radius 3 is 2.39 bits per heavy atom. The molecular weight excluding hydrogens is 382 g/mol. The third-order valence-corrected chi connectivity index (χ3v) is 4.18. The van der Waals surface area contributed by atoms with Crippen LogP contribution >= 0.6 is 11.6 Å². The van der Waals surface area contributed by atoms with Gasteiger partial charge in [0.1, 0.15) is 6.54 Å². The first-order chi connectivity index (χ1) is 13.5. The summed E-state index contributed by atoms with van der Waals surface area (Å²) in [5, 5.41) is 3.25. The van der Waals surface area contributed by atoms with Gasteiger partial charge in [0.2, 0.25) is 5.91 Å². The van der Waals surface area contributed by atoms with Crippen LogP contribution in [0.5, 0.6) is 0 Å². The van der Waals surface area contributed by atoms with Gasteiger partial charge in [0.25, 0.3) is 5.56 Å². The van der Waals surface area contributed by atoms with Crippen molar-refractivity contribution in [3.63, 3.8) is 0 Å². The topological polar surface area (TPSA) is 90.3 Å². The van der Waals surface area contributed by atoms with E-state index < -0.39 is 11.9 Å². The summed E-state index contributed by atoms with van der Waals surface area (Å²) in [5.74, 6) is -0.856. The number of aromatic nitrogens is 2. The summed E-state index contributed by atoms with van der Waals surface area (Å²) in [6, 6.07) is 14.5. The largest absolute Gasteiger partial charge is 0.465 e. The number of hydrogen-bond acceptors (Lipinski definition) is 5. The van der Waals surface area contributed by atoms with Crippen molar-refractivity contribution in [2.75, 3.05) is 12.4 Å². The van der Waals surface area contributed by atoms with Gasteiger partial charge >= 0.3 is 5.97 Å². The summed E-state index contributed by atoms with van der Waals surface area (Å²) >= 11 is 5.86. The molecule has 0 unspecified atom stereocenters. The fraction of sp³-hybridized carbons (Fsp3) is 0.100. The van der Waals surface area contributed by atoms with Crippen LogP contribution in [-0.2, 0) is 16.1 Å². The highest BCUT2D eigenvalue weighted by atomic mass is 35.5. The number of amides is 1. The molecule has 1 amide bonds. The fourth-order valence-corrected chi connectivity index (χ4v) is 2.61. The zero-order valence-corrected chi connectivity index (χ0v) is 15.6. The highest BCUT2D eigenvalue weighted by molar-refractivity contribution is 6.30. The molecule has 7 nitrogen and oxygen atoms in total. The molecule has 0 aliphatic heterocycles. The molecule has 8 heteroatoms. The molecule has 142 valence electrons. The lowest BCUT2D eigenvalue weighted by Crippen LogP contribution is -2.27. The predicted octanol–water partition coefficient (Wildman–Crippen LogP) is 2.99. The van der Waals surface area contributed by atoms with E-state index in [1.165, 1.54) is 36.2 Å². The molecule has 1 aromatic heterocycles. The molecule has 0 radical (unpaired) electrons. The third kappa shape index (κ3) is 4.63. The average Bonchev–Trinajstić information content (AvgIpc) is 2.70. The quantitative estimate of drug-likeness (QED) is 0.668. The van der Waals surface area contributed by atoms with Gasteiger partial charge in [0, 0.05) is 22.3 Å². The highest BCUT2D eigenvalue weighted by Gasteiger charge is 2.09. The van der Waals surface area contributed by atoms with E-state index in [-0.39, 0.29) is 12.1 Å². The number of carbonyl (C=O) groups is 2. The Morgan fingerprint density at radius 2 is 1.79 bits per heavy atom. The number of methoxy groups -OCH3 is 1. The maximum Gasteiger partial charge on any atom is 0.337 e. The van der Waals surface area contributed by atoms with E-state index in [1.54, 1.807) is 36.4 Å². The number of carbonyl (C=O) groups excluding carboxylic acids is 2. The predicted molar refractivity (Wildman–Crippen MR) is 105 cm³/mol. The normalized spacial score (nSPS) is 10.4. The van der Waals surface area contributed by atoms with Crippen molar-refractivity contribution in [2.24, 2.45) is 0 Å². The van der Waals surface area contributed by atoms with Crippen molar-refractivity contribution in [1.82, 2.24) is 9.55 Å². The maximum atomic E-state index is 12.3. The Morgan fingerprint density at radius 1 is 1.11 bits per heavy atom. The molecule has 2 aromatic carbocycles. The molecule has 28 heavy (non-hydrogen) atoms. The first kappa shape index (κ1) is 19.3. The second kappa shape index (κ2) is 8.49. The Balaban J connectivity index is 1.68. The van der Waals surface area contributed by atoms with Crippen molar-refractivity contribution >= 4 is 29.2 Å².